The normalized spacial score (nSPS) is 23.8. The van der Waals surface area contributed by atoms with Crippen LogP contribution in [0.25, 0.3) is 0 Å². The molecule has 1 saturated heterocycles. The van der Waals surface area contributed by atoms with Gasteiger partial charge in [0.15, 0.2) is 5.78 Å². The molecule has 1 fully saturated rings. The summed E-state index contributed by atoms with van der Waals surface area (Å²) in [4.78, 5) is 35.1. The summed E-state index contributed by atoms with van der Waals surface area (Å²) in [6.45, 7) is 3.44. The average molecular weight is 363 g/mol. The van der Waals surface area contributed by atoms with Crippen LogP contribution in [0.1, 0.15) is 43.5 Å². The van der Waals surface area contributed by atoms with Crippen LogP contribution in [0.3, 0.4) is 0 Å². The highest BCUT2D eigenvalue weighted by Gasteiger charge is 2.40. The van der Waals surface area contributed by atoms with Crippen molar-refractivity contribution in [3.8, 4) is 0 Å². The Morgan fingerprint density at radius 3 is 2.38 bits per heavy atom. The van der Waals surface area contributed by atoms with Gasteiger partial charge in [-0.2, -0.15) is 0 Å². The zero-order chi connectivity index (χ0) is 19.2. The molecule has 0 aromatic heterocycles. The zero-order valence-electron chi connectivity index (χ0n) is 15.1. The van der Waals surface area contributed by atoms with E-state index >= 15 is 0 Å². The molecule has 1 aliphatic heterocycles. The first kappa shape index (κ1) is 20.1. The van der Waals surface area contributed by atoms with E-state index < -0.39 is 17.8 Å². The molecule has 1 unspecified atom stereocenters. The van der Waals surface area contributed by atoms with Gasteiger partial charge >= 0.3 is 5.97 Å². The predicted octanol–water partition coefficient (Wildman–Crippen LogP) is 2.01. The van der Waals surface area contributed by atoms with Crippen LogP contribution in [0.2, 0.25) is 0 Å². The summed E-state index contributed by atoms with van der Waals surface area (Å²) >= 11 is 0. The molecule has 142 valence electrons. The highest BCUT2D eigenvalue weighted by Crippen LogP contribution is 2.24. The van der Waals surface area contributed by atoms with Crippen LogP contribution in [-0.4, -0.2) is 47.8 Å². The Morgan fingerprint density at radius 2 is 1.85 bits per heavy atom. The van der Waals surface area contributed by atoms with Gasteiger partial charge in [-0.25, -0.2) is 4.79 Å². The van der Waals surface area contributed by atoms with Crippen molar-refractivity contribution in [1.29, 1.82) is 0 Å². The van der Waals surface area contributed by atoms with Crippen molar-refractivity contribution in [1.82, 2.24) is 5.32 Å². The molecular formula is C19H25NO6. The Balaban J connectivity index is 1.78. The minimum absolute atomic E-state index is 0.0693. The number of ketones is 1. The number of carboxylic acids is 1. The van der Waals surface area contributed by atoms with Gasteiger partial charge in [-0.05, 0) is 31.9 Å². The molecule has 7 nitrogen and oxygen atoms in total. The first-order valence-corrected chi connectivity index (χ1v) is 8.69. The van der Waals surface area contributed by atoms with Crippen LogP contribution < -0.4 is 5.32 Å². The molecule has 2 N–H and O–H groups in total. The third-order valence-corrected chi connectivity index (χ3v) is 4.51. The number of carbonyl (C=O) groups is 3. The smallest absolute Gasteiger partial charge is 0.364 e. The maximum Gasteiger partial charge on any atom is 0.364 e. The minimum atomic E-state index is -1.58. The average Bonchev–Trinajstić information content (AvgIpc) is 2.63. The molecule has 1 atom stereocenters. The number of rotatable bonds is 8. The molecule has 1 aromatic rings. The number of hydrogen-bond donors (Lipinski definition) is 2. The van der Waals surface area contributed by atoms with E-state index in [2.05, 4.69) is 5.32 Å². The molecule has 0 aliphatic carbocycles. The van der Waals surface area contributed by atoms with Crippen molar-refractivity contribution < 1.29 is 29.0 Å². The van der Waals surface area contributed by atoms with Crippen LogP contribution in [0, 0.1) is 5.92 Å². The fourth-order valence-corrected chi connectivity index (χ4v) is 2.75. The third kappa shape index (κ3) is 5.37. The predicted molar refractivity (Wildman–Crippen MR) is 93.7 cm³/mol. The van der Waals surface area contributed by atoms with Gasteiger partial charge < -0.3 is 19.9 Å². The molecule has 26 heavy (non-hydrogen) atoms. The van der Waals surface area contributed by atoms with Gasteiger partial charge in [0.1, 0.15) is 0 Å². The topological polar surface area (TPSA) is 102 Å². The van der Waals surface area contributed by atoms with Crippen molar-refractivity contribution in [3.63, 3.8) is 0 Å². The second kappa shape index (κ2) is 8.91. The number of carboxylic acid groups (broad SMARTS) is 1. The molecule has 0 bridgehead atoms. The van der Waals surface area contributed by atoms with E-state index in [-0.39, 0.29) is 17.6 Å². The number of Topliss-reactive ketones (excluding diaryl/α,β-unsaturated/α-hetero) is 1. The monoisotopic (exact) mass is 363 g/mol. The van der Waals surface area contributed by atoms with E-state index in [9.17, 15) is 14.4 Å². The lowest BCUT2D eigenvalue weighted by molar-refractivity contribution is -0.271. The fraction of sp³-hybridized carbons (Fsp3) is 0.526. The number of amides is 1. The first-order valence-electron chi connectivity index (χ1n) is 8.69. The number of benzene rings is 1. The third-order valence-electron chi connectivity index (χ3n) is 4.51. The number of nitrogens with one attached hydrogen (secondary N) is 1. The second-order valence-electron chi connectivity index (χ2n) is 6.67. The summed E-state index contributed by atoms with van der Waals surface area (Å²) in [5, 5.41) is 11.8. The van der Waals surface area contributed by atoms with E-state index in [1.54, 1.807) is 24.3 Å². The van der Waals surface area contributed by atoms with E-state index in [4.69, 9.17) is 14.6 Å². The van der Waals surface area contributed by atoms with Gasteiger partial charge in [-0.15, -0.1) is 0 Å². The Morgan fingerprint density at radius 1 is 1.23 bits per heavy atom. The second-order valence-corrected chi connectivity index (χ2v) is 6.67. The van der Waals surface area contributed by atoms with Crippen molar-refractivity contribution in [2.24, 2.45) is 5.92 Å². The molecule has 7 heteroatoms. The molecular weight excluding hydrogens is 338 g/mol. The molecule has 1 aromatic carbocycles. The van der Waals surface area contributed by atoms with Crippen LogP contribution in [0.4, 0.5) is 0 Å². The standard InChI is InChI=1S/C19H25NO6/c1-13(21)16(20-17(22)15-8-4-3-5-9-15)10-6-7-14-11-25-19(2,18(23)24)26-12-14/h3-5,8-9,14,16H,6-7,10-12H2,1-2H3,(H,20,22)(H,23,24)/t14-,16?,19+. The Labute approximate surface area is 152 Å². The van der Waals surface area contributed by atoms with Crippen LogP contribution >= 0.6 is 0 Å². The lowest BCUT2D eigenvalue weighted by Gasteiger charge is -2.34. The summed E-state index contributed by atoms with van der Waals surface area (Å²) in [7, 11) is 0. The molecule has 0 saturated carbocycles. The highest BCUT2D eigenvalue weighted by atomic mass is 16.7. The number of aliphatic carboxylic acids is 1. The molecule has 2 rings (SSSR count). The SMILES string of the molecule is CC(=O)C(CCC[C@H]1CO[C@@](C)(C(=O)O)OC1)NC(=O)c1ccccc1. The van der Waals surface area contributed by atoms with Gasteiger partial charge in [0, 0.05) is 18.4 Å². The van der Waals surface area contributed by atoms with Crippen LogP contribution in [0.5, 0.6) is 0 Å². The lowest BCUT2D eigenvalue weighted by Crippen LogP contribution is -2.47. The van der Waals surface area contributed by atoms with Gasteiger partial charge in [-0.1, -0.05) is 24.6 Å². The van der Waals surface area contributed by atoms with E-state index in [1.165, 1.54) is 13.8 Å². The number of ether oxygens (including phenoxy) is 2. The van der Waals surface area contributed by atoms with Crippen molar-refractivity contribution in [2.75, 3.05) is 13.2 Å². The van der Waals surface area contributed by atoms with Gasteiger partial charge in [0.05, 0.1) is 19.3 Å². The molecule has 0 radical (unpaired) electrons. The van der Waals surface area contributed by atoms with E-state index in [1.807, 2.05) is 6.07 Å². The molecule has 1 heterocycles. The number of hydrogen-bond acceptors (Lipinski definition) is 5. The van der Waals surface area contributed by atoms with Crippen molar-refractivity contribution >= 4 is 17.7 Å². The van der Waals surface area contributed by atoms with Crippen molar-refractivity contribution in [2.45, 2.75) is 44.9 Å². The number of carbonyl (C=O) groups excluding carboxylic acids is 2. The Hall–Kier alpha value is -2.25. The van der Waals surface area contributed by atoms with Gasteiger partial charge in [-0.3, -0.25) is 9.59 Å². The molecule has 1 aliphatic rings. The fourth-order valence-electron chi connectivity index (χ4n) is 2.75. The van der Waals surface area contributed by atoms with Gasteiger partial charge in [0.25, 0.3) is 11.7 Å². The summed E-state index contributed by atoms with van der Waals surface area (Å²) in [6, 6.07) is 8.21. The summed E-state index contributed by atoms with van der Waals surface area (Å²) < 4.78 is 10.6. The first-order chi connectivity index (χ1) is 12.3. The summed E-state index contributed by atoms with van der Waals surface area (Å²) in [5.41, 5.74) is 0.515. The highest BCUT2D eigenvalue weighted by molar-refractivity contribution is 5.97. The molecule has 0 spiro atoms. The van der Waals surface area contributed by atoms with Crippen LogP contribution in [-0.2, 0) is 19.1 Å². The maximum atomic E-state index is 12.2. The Bertz CT molecular complexity index is 637. The quantitative estimate of drug-likeness (QED) is 0.732. The Kier molecular flexibility index (Phi) is 6.88. The van der Waals surface area contributed by atoms with Crippen LogP contribution in [0.15, 0.2) is 30.3 Å². The van der Waals surface area contributed by atoms with Crippen molar-refractivity contribution in [3.05, 3.63) is 35.9 Å². The largest absolute Gasteiger partial charge is 0.477 e. The minimum Gasteiger partial charge on any atom is -0.477 e. The van der Waals surface area contributed by atoms with E-state index in [0.29, 0.717) is 31.6 Å². The lowest BCUT2D eigenvalue weighted by atomic mass is 9.98. The maximum absolute atomic E-state index is 12.2. The summed E-state index contributed by atoms with van der Waals surface area (Å²) in [6.07, 6.45) is 1.93. The summed E-state index contributed by atoms with van der Waals surface area (Å²) in [5.74, 6) is -3.02. The molecule has 1 amide bonds. The zero-order valence-corrected chi connectivity index (χ0v) is 15.1. The van der Waals surface area contributed by atoms with Gasteiger partial charge in [0.2, 0.25) is 0 Å². The van der Waals surface area contributed by atoms with E-state index in [0.717, 1.165) is 6.42 Å².